The maximum Gasteiger partial charge on any atom is 0.319 e. The summed E-state index contributed by atoms with van der Waals surface area (Å²) >= 11 is 0. The predicted octanol–water partition coefficient (Wildman–Crippen LogP) is 2.32. The summed E-state index contributed by atoms with van der Waals surface area (Å²) in [6, 6.07) is 4.26. The van der Waals surface area contributed by atoms with Crippen molar-refractivity contribution in [1.82, 2.24) is 20.3 Å². The van der Waals surface area contributed by atoms with Gasteiger partial charge in [0.25, 0.3) is 0 Å². The van der Waals surface area contributed by atoms with E-state index >= 15 is 0 Å². The van der Waals surface area contributed by atoms with Crippen LogP contribution in [0.15, 0.2) is 24.4 Å². The zero-order valence-corrected chi connectivity index (χ0v) is 12.1. The Kier molecular flexibility index (Phi) is 4.86. The Balaban J connectivity index is 1.91. The number of urea groups is 1. The van der Waals surface area contributed by atoms with Crippen LogP contribution < -0.4 is 10.6 Å². The number of carbonyl (C=O) groups is 1. The summed E-state index contributed by atoms with van der Waals surface area (Å²) in [7, 11) is 0. The SMILES string of the molecule is CCc1ccc(NC(=O)NCc2cnnn2CC)cc1F. The molecule has 21 heavy (non-hydrogen) atoms. The van der Waals surface area contributed by atoms with E-state index in [0.717, 1.165) is 5.69 Å². The van der Waals surface area contributed by atoms with Gasteiger partial charge in [-0.3, -0.25) is 0 Å². The number of amides is 2. The van der Waals surface area contributed by atoms with Gasteiger partial charge in [0.05, 0.1) is 18.4 Å². The second-order valence-electron chi connectivity index (χ2n) is 4.51. The average Bonchev–Trinajstić information content (AvgIpc) is 2.93. The van der Waals surface area contributed by atoms with E-state index in [9.17, 15) is 9.18 Å². The van der Waals surface area contributed by atoms with E-state index in [2.05, 4.69) is 20.9 Å². The molecule has 2 N–H and O–H groups in total. The molecule has 0 aliphatic carbocycles. The molecule has 1 aromatic carbocycles. The van der Waals surface area contributed by atoms with Crippen molar-refractivity contribution in [3.63, 3.8) is 0 Å². The molecule has 0 radical (unpaired) electrons. The Hall–Kier alpha value is -2.44. The first-order chi connectivity index (χ1) is 10.1. The van der Waals surface area contributed by atoms with Gasteiger partial charge < -0.3 is 10.6 Å². The Morgan fingerprint density at radius 1 is 1.38 bits per heavy atom. The van der Waals surface area contributed by atoms with Crippen molar-refractivity contribution in [3.05, 3.63) is 41.5 Å². The summed E-state index contributed by atoms with van der Waals surface area (Å²) in [5.41, 5.74) is 1.85. The van der Waals surface area contributed by atoms with Crippen molar-refractivity contribution in [2.45, 2.75) is 33.4 Å². The smallest absolute Gasteiger partial charge is 0.319 e. The second kappa shape index (κ2) is 6.83. The Morgan fingerprint density at radius 3 is 2.86 bits per heavy atom. The number of nitrogens with zero attached hydrogens (tertiary/aromatic N) is 3. The third-order valence-corrected chi connectivity index (χ3v) is 3.12. The quantitative estimate of drug-likeness (QED) is 0.888. The summed E-state index contributed by atoms with van der Waals surface area (Å²) < 4.78 is 15.3. The van der Waals surface area contributed by atoms with Gasteiger partial charge in [-0.05, 0) is 31.0 Å². The van der Waals surface area contributed by atoms with E-state index in [4.69, 9.17) is 0 Å². The Labute approximate surface area is 122 Å². The van der Waals surface area contributed by atoms with Crippen LogP contribution in [0.4, 0.5) is 14.9 Å². The molecule has 2 amide bonds. The first kappa shape index (κ1) is 15.0. The number of anilines is 1. The normalized spacial score (nSPS) is 10.4. The molecule has 112 valence electrons. The number of aryl methyl sites for hydroxylation is 2. The van der Waals surface area contributed by atoms with Gasteiger partial charge in [0.15, 0.2) is 0 Å². The fraction of sp³-hybridized carbons (Fsp3) is 0.357. The maximum atomic E-state index is 13.6. The van der Waals surface area contributed by atoms with Crippen molar-refractivity contribution in [2.75, 3.05) is 5.32 Å². The van der Waals surface area contributed by atoms with Gasteiger partial charge >= 0.3 is 6.03 Å². The highest BCUT2D eigenvalue weighted by Crippen LogP contribution is 2.14. The standard InChI is InChI=1S/C14H18FN5O/c1-3-10-5-6-11(7-13(10)15)18-14(21)16-8-12-9-17-19-20(12)4-2/h5-7,9H,3-4,8H2,1-2H3,(H2,16,18,21). The molecule has 0 saturated carbocycles. The number of carbonyl (C=O) groups excluding carboxylic acids is 1. The molecule has 0 unspecified atom stereocenters. The molecular formula is C14H18FN5O. The van der Waals surface area contributed by atoms with Gasteiger partial charge in [-0.15, -0.1) is 5.10 Å². The number of benzene rings is 1. The van der Waals surface area contributed by atoms with Crippen molar-refractivity contribution < 1.29 is 9.18 Å². The van der Waals surface area contributed by atoms with Crippen LogP contribution in [0, 0.1) is 5.82 Å². The zero-order valence-electron chi connectivity index (χ0n) is 12.1. The summed E-state index contributed by atoms with van der Waals surface area (Å²) in [6.07, 6.45) is 2.21. The van der Waals surface area contributed by atoms with Crippen LogP contribution in [-0.2, 0) is 19.5 Å². The number of hydrogen-bond acceptors (Lipinski definition) is 3. The molecule has 7 heteroatoms. The van der Waals surface area contributed by atoms with Crippen LogP contribution in [-0.4, -0.2) is 21.0 Å². The van der Waals surface area contributed by atoms with Gasteiger partial charge in [-0.25, -0.2) is 13.9 Å². The highest BCUT2D eigenvalue weighted by Gasteiger charge is 2.07. The molecule has 0 aliphatic heterocycles. The lowest BCUT2D eigenvalue weighted by Gasteiger charge is -2.09. The lowest BCUT2D eigenvalue weighted by atomic mass is 10.1. The maximum absolute atomic E-state index is 13.6. The molecule has 0 fully saturated rings. The van der Waals surface area contributed by atoms with E-state index in [1.54, 1.807) is 23.0 Å². The molecule has 0 atom stereocenters. The van der Waals surface area contributed by atoms with Crippen molar-refractivity contribution in [1.29, 1.82) is 0 Å². The molecule has 1 heterocycles. The minimum Gasteiger partial charge on any atom is -0.332 e. The Morgan fingerprint density at radius 2 is 2.19 bits per heavy atom. The molecule has 2 rings (SSSR count). The van der Waals surface area contributed by atoms with Crippen molar-refractivity contribution >= 4 is 11.7 Å². The van der Waals surface area contributed by atoms with Gasteiger partial charge in [0, 0.05) is 12.2 Å². The molecule has 0 bridgehead atoms. The van der Waals surface area contributed by atoms with Gasteiger partial charge in [0.1, 0.15) is 5.82 Å². The lowest BCUT2D eigenvalue weighted by Crippen LogP contribution is -2.29. The van der Waals surface area contributed by atoms with Crippen LogP contribution in [0.1, 0.15) is 25.1 Å². The van der Waals surface area contributed by atoms with Crippen LogP contribution in [0.3, 0.4) is 0 Å². The van der Waals surface area contributed by atoms with Gasteiger partial charge in [-0.2, -0.15) is 0 Å². The van der Waals surface area contributed by atoms with Gasteiger partial charge in [-0.1, -0.05) is 18.2 Å². The van der Waals surface area contributed by atoms with E-state index in [-0.39, 0.29) is 5.82 Å². The molecule has 0 aliphatic rings. The molecule has 0 spiro atoms. The summed E-state index contributed by atoms with van der Waals surface area (Å²) in [5, 5.41) is 12.9. The zero-order chi connectivity index (χ0) is 15.2. The van der Waals surface area contributed by atoms with E-state index in [1.165, 1.54) is 6.07 Å². The monoisotopic (exact) mass is 291 g/mol. The van der Waals surface area contributed by atoms with Gasteiger partial charge in [0.2, 0.25) is 0 Å². The fourth-order valence-corrected chi connectivity index (χ4v) is 1.94. The van der Waals surface area contributed by atoms with Crippen LogP contribution in [0.5, 0.6) is 0 Å². The first-order valence-corrected chi connectivity index (χ1v) is 6.84. The minimum absolute atomic E-state index is 0.308. The molecule has 0 saturated heterocycles. The number of nitrogens with one attached hydrogen (secondary N) is 2. The van der Waals surface area contributed by atoms with E-state index < -0.39 is 6.03 Å². The van der Waals surface area contributed by atoms with E-state index in [0.29, 0.717) is 30.8 Å². The number of rotatable bonds is 5. The van der Waals surface area contributed by atoms with Crippen molar-refractivity contribution in [2.24, 2.45) is 0 Å². The highest BCUT2D eigenvalue weighted by atomic mass is 19.1. The average molecular weight is 291 g/mol. The summed E-state index contributed by atoms with van der Waals surface area (Å²) in [6.45, 7) is 4.81. The predicted molar refractivity (Wildman–Crippen MR) is 77.3 cm³/mol. The molecule has 1 aromatic heterocycles. The fourth-order valence-electron chi connectivity index (χ4n) is 1.94. The molecule has 2 aromatic rings. The molecular weight excluding hydrogens is 273 g/mol. The number of hydrogen-bond donors (Lipinski definition) is 2. The van der Waals surface area contributed by atoms with Crippen LogP contribution >= 0.6 is 0 Å². The van der Waals surface area contributed by atoms with Crippen LogP contribution in [0.25, 0.3) is 0 Å². The van der Waals surface area contributed by atoms with Crippen molar-refractivity contribution in [3.8, 4) is 0 Å². The highest BCUT2D eigenvalue weighted by molar-refractivity contribution is 5.89. The van der Waals surface area contributed by atoms with Crippen LogP contribution in [0.2, 0.25) is 0 Å². The minimum atomic E-state index is -0.400. The van der Waals surface area contributed by atoms with E-state index in [1.807, 2.05) is 13.8 Å². The number of aromatic nitrogens is 3. The topological polar surface area (TPSA) is 71.8 Å². The first-order valence-electron chi connectivity index (χ1n) is 6.84. The third-order valence-electron chi connectivity index (χ3n) is 3.12. The Bertz CT molecular complexity index is 626. The lowest BCUT2D eigenvalue weighted by molar-refractivity contribution is 0.251. The third kappa shape index (κ3) is 3.77. The summed E-state index contributed by atoms with van der Waals surface area (Å²) in [5.74, 6) is -0.316. The largest absolute Gasteiger partial charge is 0.332 e. The summed E-state index contributed by atoms with van der Waals surface area (Å²) in [4.78, 5) is 11.8. The number of halogens is 1. The second-order valence-corrected chi connectivity index (χ2v) is 4.51. The molecule has 6 nitrogen and oxygen atoms in total.